The van der Waals surface area contributed by atoms with Crippen LogP contribution in [0.4, 0.5) is 11.6 Å². The molecule has 2 heterocycles. The lowest BCUT2D eigenvalue weighted by molar-refractivity contribution is 0.335. The molecule has 0 saturated heterocycles. The predicted molar refractivity (Wildman–Crippen MR) is 127 cm³/mol. The molecule has 6 heteroatoms. The summed E-state index contributed by atoms with van der Waals surface area (Å²) in [5, 5.41) is 4.39. The summed E-state index contributed by atoms with van der Waals surface area (Å²) in [6.45, 7) is 0.937. The number of nitrogens with zero attached hydrogens (tertiary/aromatic N) is 2. The molecule has 1 aliphatic rings. The zero-order valence-corrected chi connectivity index (χ0v) is 18.5. The number of ether oxygens (including phenoxy) is 2. The number of aromatic nitrogens is 2. The Balaban J connectivity index is 1.47. The van der Waals surface area contributed by atoms with Gasteiger partial charge in [0.2, 0.25) is 0 Å². The maximum Gasteiger partial charge on any atom is 0.163 e. The summed E-state index contributed by atoms with van der Waals surface area (Å²) >= 11 is 0. The van der Waals surface area contributed by atoms with Crippen LogP contribution >= 0.6 is 0 Å². The van der Waals surface area contributed by atoms with Crippen molar-refractivity contribution in [1.29, 1.82) is 0 Å². The number of nitrogens with one attached hydrogen (secondary N) is 1. The van der Waals surface area contributed by atoms with Crippen LogP contribution in [0, 0.1) is 5.92 Å². The molecule has 1 aliphatic carbocycles. The van der Waals surface area contributed by atoms with E-state index in [2.05, 4.69) is 15.3 Å². The van der Waals surface area contributed by atoms with Crippen molar-refractivity contribution in [2.24, 2.45) is 5.92 Å². The van der Waals surface area contributed by atoms with Crippen molar-refractivity contribution in [2.45, 2.75) is 44.9 Å². The number of hydrogen-bond acceptors (Lipinski definition) is 6. The first kappa shape index (κ1) is 21.2. The van der Waals surface area contributed by atoms with E-state index >= 15 is 0 Å². The molecule has 6 nitrogen and oxygen atoms in total. The molecular formula is C25H32N4O2. The van der Waals surface area contributed by atoms with Gasteiger partial charge in [0.15, 0.2) is 5.65 Å². The van der Waals surface area contributed by atoms with Crippen molar-refractivity contribution in [3.8, 4) is 22.6 Å². The fraction of sp³-hybridized carbons (Fsp3) is 0.440. The molecule has 1 saturated carbocycles. The summed E-state index contributed by atoms with van der Waals surface area (Å²) in [6.07, 6.45) is 9.51. The van der Waals surface area contributed by atoms with Gasteiger partial charge in [-0.25, -0.2) is 9.97 Å². The molecule has 0 amide bonds. The summed E-state index contributed by atoms with van der Waals surface area (Å²) < 4.78 is 10.8. The third-order valence-electron chi connectivity index (χ3n) is 6.19. The van der Waals surface area contributed by atoms with Gasteiger partial charge in [0, 0.05) is 23.6 Å². The Morgan fingerprint density at radius 3 is 2.42 bits per heavy atom. The minimum atomic E-state index is 0.435. The monoisotopic (exact) mass is 420 g/mol. The van der Waals surface area contributed by atoms with E-state index < -0.39 is 0 Å². The first-order valence-electron chi connectivity index (χ1n) is 11.2. The SMILES string of the molecule is COc1cc(OC)cc(-c2cc3ccc(NCCCC4CCCCC4)nc3nc2N)c1. The lowest BCUT2D eigenvalue weighted by atomic mass is 9.86. The van der Waals surface area contributed by atoms with Crippen LogP contribution in [0.3, 0.4) is 0 Å². The van der Waals surface area contributed by atoms with Crippen LogP contribution in [0.25, 0.3) is 22.2 Å². The summed E-state index contributed by atoms with van der Waals surface area (Å²) in [4.78, 5) is 9.24. The minimum Gasteiger partial charge on any atom is -0.497 e. The first-order valence-corrected chi connectivity index (χ1v) is 11.2. The van der Waals surface area contributed by atoms with E-state index in [-0.39, 0.29) is 0 Å². The van der Waals surface area contributed by atoms with Crippen LogP contribution in [-0.2, 0) is 0 Å². The molecule has 3 N–H and O–H groups in total. The van der Waals surface area contributed by atoms with E-state index in [1.165, 1.54) is 44.9 Å². The lowest BCUT2D eigenvalue weighted by Gasteiger charge is -2.21. The third-order valence-corrected chi connectivity index (χ3v) is 6.19. The van der Waals surface area contributed by atoms with E-state index in [9.17, 15) is 0 Å². The van der Waals surface area contributed by atoms with Crippen LogP contribution in [-0.4, -0.2) is 30.7 Å². The quantitative estimate of drug-likeness (QED) is 0.457. The van der Waals surface area contributed by atoms with Gasteiger partial charge in [-0.15, -0.1) is 0 Å². The van der Waals surface area contributed by atoms with E-state index in [0.717, 1.165) is 34.8 Å². The minimum absolute atomic E-state index is 0.435. The van der Waals surface area contributed by atoms with Gasteiger partial charge in [-0.05, 0) is 54.7 Å². The molecule has 2 aromatic heterocycles. The molecule has 1 aromatic carbocycles. The van der Waals surface area contributed by atoms with Crippen molar-refractivity contribution in [2.75, 3.05) is 31.8 Å². The molecule has 0 bridgehead atoms. The van der Waals surface area contributed by atoms with E-state index in [1.54, 1.807) is 14.2 Å². The summed E-state index contributed by atoms with van der Waals surface area (Å²) in [7, 11) is 3.27. The third kappa shape index (κ3) is 5.19. The van der Waals surface area contributed by atoms with Crippen molar-refractivity contribution >= 4 is 22.7 Å². The first-order chi connectivity index (χ1) is 15.2. The molecule has 31 heavy (non-hydrogen) atoms. The Hall–Kier alpha value is -3.02. The van der Waals surface area contributed by atoms with Crippen LogP contribution in [0.2, 0.25) is 0 Å². The fourth-order valence-electron chi connectivity index (χ4n) is 4.44. The zero-order chi connectivity index (χ0) is 21.6. The van der Waals surface area contributed by atoms with E-state index in [0.29, 0.717) is 23.0 Å². The standard InChI is InChI=1S/C25H32N4O2/c1-30-20-13-19(14-21(16-20)31-2)22-15-18-10-11-23(28-25(18)29-24(22)26)27-12-6-9-17-7-4-3-5-8-17/h10-11,13-17H,3-9,12H2,1-2H3,(H3,26,27,28,29). The molecule has 1 fully saturated rings. The number of fused-ring (bicyclic) bond motifs is 1. The second-order valence-corrected chi connectivity index (χ2v) is 8.34. The highest BCUT2D eigenvalue weighted by Gasteiger charge is 2.13. The Labute approximate surface area is 184 Å². The predicted octanol–water partition coefficient (Wildman–Crippen LogP) is 5.67. The van der Waals surface area contributed by atoms with Gasteiger partial charge >= 0.3 is 0 Å². The molecule has 0 aliphatic heterocycles. The highest BCUT2D eigenvalue weighted by molar-refractivity contribution is 5.88. The van der Waals surface area contributed by atoms with E-state index in [4.69, 9.17) is 15.2 Å². The maximum atomic E-state index is 6.30. The number of methoxy groups -OCH3 is 2. The van der Waals surface area contributed by atoms with Gasteiger partial charge < -0.3 is 20.5 Å². The zero-order valence-electron chi connectivity index (χ0n) is 18.5. The average Bonchev–Trinajstić information content (AvgIpc) is 2.81. The Kier molecular flexibility index (Phi) is 6.75. The normalized spacial score (nSPS) is 14.5. The summed E-state index contributed by atoms with van der Waals surface area (Å²) in [5.41, 5.74) is 8.68. The van der Waals surface area contributed by atoms with Crippen molar-refractivity contribution in [1.82, 2.24) is 9.97 Å². The topological polar surface area (TPSA) is 82.3 Å². The number of pyridine rings is 2. The van der Waals surface area contributed by atoms with Crippen LogP contribution in [0.1, 0.15) is 44.9 Å². The Morgan fingerprint density at radius 2 is 1.71 bits per heavy atom. The number of anilines is 2. The maximum absolute atomic E-state index is 6.30. The molecule has 4 rings (SSSR count). The molecule has 0 spiro atoms. The average molecular weight is 421 g/mol. The van der Waals surface area contributed by atoms with Gasteiger partial charge in [-0.1, -0.05) is 32.1 Å². The molecule has 3 aromatic rings. The Bertz CT molecular complexity index is 1010. The van der Waals surface area contributed by atoms with Crippen LogP contribution in [0.15, 0.2) is 36.4 Å². The number of rotatable bonds is 8. The molecule has 0 radical (unpaired) electrons. The molecular weight excluding hydrogens is 388 g/mol. The van der Waals surface area contributed by atoms with Gasteiger partial charge in [-0.3, -0.25) is 0 Å². The van der Waals surface area contributed by atoms with Crippen LogP contribution < -0.4 is 20.5 Å². The summed E-state index contributed by atoms with van der Waals surface area (Å²) in [5.74, 6) is 3.61. The highest BCUT2D eigenvalue weighted by atomic mass is 16.5. The number of benzene rings is 1. The Morgan fingerprint density at radius 1 is 0.968 bits per heavy atom. The van der Waals surface area contributed by atoms with Gasteiger partial charge in [-0.2, -0.15) is 0 Å². The lowest BCUT2D eigenvalue weighted by Crippen LogP contribution is -2.10. The molecule has 0 unspecified atom stereocenters. The summed E-state index contributed by atoms with van der Waals surface area (Å²) in [6, 6.07) is 11.8. The largest absolute Gasteiger partial charge is 0.497 e. The second kappa shape index (κ2) is 9.86. The van der Waals surface area contributed by atoms with Gasteiger partial charge in [0.25, 0.3) is 0 Å². The van der Waals surface area contributed by atoms with Crippen LogP contribution in [0.5, 0.6) is 11.5 Å². The fourth-order valence-corrected chi connectivity index (χ4v) is 4.44. The number of hydrogen-bond donors (Lipinski definition) is 2. The molecule has 0 atom stereocenters. The highest BCUT2D eigenvalue weighted by Crippen LogP contribution is 2.34. The van der Waals surface area contributed by atoms with E-state index in [1.807, 2.05) is 36.4 Å². The van der Waals surface area contributed by atoms with Crippen molar-refractivity contribution in [3.63, 3.8) is 0 Å². The number of nitrogen functional groups attached to an aromatic ring is 1. The smallest absolute Gasteiger partial charge is 0.163 e. The molecule has 164 valence electrons. The second-order valence-electron chi connectivity index (χ2n) is 8.34. The van der Waals surface area contributed by atoms with Crippen molar-refractivity contribution < 1.29 is 9.47 Å². The van der Waals surface area contributed by atoms with Crippen molar-refractivity contribution in [3.05, 3.63) is 36.4 Å². The van der Waals surface area contributed by atoms with Gasteiger partial charge in [0.05, 0.1) is 14.2 Å². The number of nitrogens with two attached hydrogens (primary N) is 1. The van der Waals surface area contributed by atoms with Gasteiger partial charge in [0.1, 0.15) is 23.1 Å².